The maximum absolute atomic E-state index is 13.5. The van der Waals surface area contributed by atoms with Crippen molar-refractivity contribution in [1.82, 2.24) is 9.88 Å². The van der Waals surface area contributed by atoms with Crippen LogP contribution in [0.1, 0.15) is 23.6 Å². The van der Waals surface area contributed by atoms with Crippen LogP contribution in [0, 0.1) is 11.3 Å². The van der Waals surface area contributed by atoms with Crippen LogP contribution in [-0.2, 0) is 12.4 Å². The van der Waals surface area contributed by atoms with E-state index < -0.39 is 29.1 Å². The van der Waals surface area contributed by atoms with Gasteiger partial charge in [0.1, 0.15) is 11.1 Å². The van der Waals surface area contributed by atoms with Gasteiger partial charge in [-0.25, -0.2) is 4.98 Å². The lowest BCUT2D eigenvalue weighted by Crippen LogP contribution is -2.49. The molecular weight excluding hydrogens is 548 g/mol. The number of nitrogens with one attached hydrogen (secondary N) is 1. The van der Waals surface area contributed by atoms with E-state index in [1.54, 1.807) is 30.3 Å². The van der Waals surface area contributed by atoms with Gasteiger partial charge in [0, 0.05) is 55.7 Å². The average Bonchev–Trinajstić information content (AvgIpc) is 3.36. The Morgan fingerprint density at radius 2 is 1.59 bits per heavy atom. The summed E-state index contributed by atoms with van der Waals surface area (Å²) in [4.78, 5) is 8.52. The number of nitriles is 1. The number of aromatic nitrogens is 1. The lowest BCUT2D eigenvalue weighted by atomic mass is 10.1. The van der Waals surface area contributed by atoms with Crippen molar-refractivity contribution in [2.75, 3.05) is 42.9 Å². The van der Waals surface area contributed by atoms with Crippen molar-refractivity contribution in [3.8, 4) is 17.5 Å². The largest absolute Gasteiger partial charge is 0.435 e. The maximum atomic E-state index is 13.5. The molecule has 0 saturated carbocycles. The van der Waals surface area contributed by atoms with Gasteiger partial charge in [0.05, 0.1) is 17.2 Å². The molecule has 0 radical (unpaired) electrons. The van der Waals surface area contributed by atoms with Crippen LogP contribution in [-0.4, -0.2) is 48.6 Å². The fourth-order valence-corrected chi connectivity index (χ4v) is 4.91. The van der Waals surface area contributed by atoms with Crippen molar-refractivity contribution >= 4 is 22.5 Å². The molecule has 3 aromatic carbocycles. The van der Waals surface area contributed by atoms with Gasteiger partial charge in [-0.1, -0.05) is 0 Å². The summed E-state index contributed by atoms with van der Waals surface area (Å²) in [7, 11) is 0. The number of hydrogen-bond acceptors (Lipinski definition) is 6. The number of halogens is 6. The van der Waals surface area contributed by atoms with Gasteiger partial charge >= 0.3 is 12.4 Å². The molecule has 1 aliphatic rings. The highest BCUT2D eigenvalue weighted by molar-refractivity contribution is 5.81. The quantitative estimate of drug-likeness (QED) is 0.250. The number of benzene rings is 3. The smallest absolute Gasteiger partial charge is 0.420 e. The van der Waals surface area contributed by atoms with Gasteiger partial charge in [0.15, 0.2) is 5.58 Å². The Morgan fingerprint density at radius 3 is 2.17 bits per heavy atom. The van der Waals surface area contributed by atoms with Gasteiger partial charge in [0.25, 0.3) is 0 Å². The number of anilines is 2. The first kappa shape index (κ1) is 28.3. The minimum atomic E-state index is -4.69. The molecule has 1 aliphatic heterocycles. The third kappa shape index (κ3) is 6.41. The summed E-state index contributed by atoms with van der Waals surface area (Å²) in [5, 5.41) is 12.5. The number of rotatable bonds is 6. The van der Waals surface area contributed by atoms with Gasteiger partial charge in [0.2, 0.25) is 5.89 Å². The zero-order valence-corrected chi connectivity index (χ0v) is 21.9. The molecule has 0 bridgehead atoms. The maximum Gasteiger partial charge on any atom is 0.420 e. The van der Waals surface area contributed by atoms with Crippen molar-refractivity contribution in [2.45, 2.75) is 25.3 Å². The number of fused-ring (bicyclic) bond motifs is 1. The molecule has 214 valence electrons. The molecule has 1 aromatic heterocycles. The lowest BCUT2D eigenvalue weighted by molar-refractivity contribution is -0.138. The normalized spacial score (nSPS) is 15.6. The molecule has 5 rings (SSSR count). The zero-order valence-electron chi connectivity index (χ0n) is 21.9. The molecule has 1 saturated heterocycles. The minimum absolute atomic E-state index is 0.0195. The molecule has 1 atom stereocenters. The summed E-state index contributed by atoms with van der Waals surface area (Å²) in [5.74, 6) is 0.0195. The second kappa shape index (κ2) is 11.0. The van der Waals surface area contributed by atoms with E-state index >= 15 is 0 Å². The second-order valence-corrected chi connectivity index (χ2v) is 9.96. The first-order valence-corrected chi connectivity index (χ1v) is 12.8. The number of nitrogens with zero attached hydrogens (tertiary/aromatic N) is 4. The van der Waals surface area contributed by atoms with Gasteiger partial charge in [-0.2, -0.15) is 31.6 Å². The topological polar surface area (TPSA) is 68.3 Å². The molecular formula is C29H25F6N5O. The van der Waals surface area contributed by atoms with E-state index in [1.807, 2.05) is 6.92 Å². The van der Waals surface area contributed by atoms with Crippen LogP contribution in [0.3, 0.4) is 0 Å². The lowest BCUT2D eigenvalue weighted by Gasteiger charge is -2.37. The molecule has 6 nitrogen and oxygen atoms in total. The van der Waals surface area contributed by atoms with Crippen molar-refractivity contribution in [3.63, 3.8) is 0 Å². The number of oxazole rings is 1. The monoisotopic (exact) mass is 573 g/mol. The zero-order chi connectivity index (χ0) is 29.4. The minimum Gasteiger partial charge on any atom is -0.435 e. The van der Waals surface area contributed by atoms with Crippen LogP contribution in [0.15, 0.2) is 65.1 Å². The Bertz CT molecular complexity index is 1550. The van der Waals surface area contributed by atoms with Crippen LogP contribution >= 0.6 is 0 Å². The van der Waals surface area contributed by atoms with E-state index in [9.17, 15) is 26.3 Å². The first-order chi connectivity index (χ1) is 19.4. The Morgan fingerprint density at radius 1 is 0.927 bits per heavy atom. The van der Waals surface area contributed by atoms with Crippen LogP contribution in [0.25, 0.3) is 22.6 Å². The number of piperazine rings is 1. The standard InChI is InChI=1S/C29H25F6N5O/c1-18(17-39-10-12-40(13-11-39)23-8-4-21(5-9-23)28(30,31)32)37-22-6-2-20(3-7-22)27-38-25-15-19(16-36)14-24(26(25)41-27)29(33,34)35/h2-9,14-15,18,37H,10-13,17H2,1H3. The molecule has 41 heavy (non-hydrogen) atoms. The van der Waals surface area contributed by atoms with Gasteiger partial charge in [-0.3, -0.25) is 4.90 Å². The van der Waals surface area contributed by atoms with Gasteiger partial charge < -0.3 is 14.6 Å². The van der Waals surface area contributed by atoms with E-state index in [0.29, 0.717) is 18.7 Å². The Hall–Kier alpha value is -4.24. The predicted molar refractivity (Wildman–Crippen MR) is 142 cm³/mol. The first-order valence-electron chi connectivity index (χ1n) is 12.8. The van der Waals surface area contributed by atoms with Crippen molar-refractivity contribution < 1.29 is 30.8 Å². The molecule has 4 aromatic rings. The van der Waals surface area contributed by atoms with Crippen LogP contribution in [0.5, 0.6) is 0 Å². The molecule has 1 unspecified atom stereocenters. The molecule has 0 amide bonds. The molecule has 2 heterocycles. The predicted octanol–water partition coefficient (Wildman–Crippen LogP) is 7.03. The molecule has 0 aliphatic carbocycles. The molecule has 12 heteroatoms. The number of hydrogen-bond donors (Lipinski definition) is 1. The summed E-state index contributed by atoms with van der Waals surface area (Å²) < 4.78 is 84.4. The van der Waals surface area contributed by atoms with Crippen LogP contribution in [0.4, 0.5) is 37.7 Å². The van der Waals surface area contributed by atoms with E-state index in [1.165, 1.54) is 18.2 Å². The summed E-state index contributed by atoms with van der Waals surface area (Å²) in [6.45, 7) is 5.69. The van der Waals surface area contributed by atoms with E-state index in [-0.39, 0.29) is 23.0 Å². The van der Waals surface area contributed by atoms with Crippen molar-refractivity contribution in [1.29, 1.82) is 5.26 Å². The van der Waals surface area contributed by atoms with Gasteiger partial charge in [-0.15, -0.1) is 0 Å². The Labute approximate surface area is 231 Å². The van der Waals surface area contributed by atoms with E-state index in [2.05, 4.69) is 20.1 Å². The van der Waals surface area contributed by atoms with Crippen molar-refractivity contribution in [2.24, 2.45) is 0 Å². The van der Waals surface area contributed by atoms with E-state index in [0.717, 1.165) is 49.2 Å². The van der Waals surface area contributed by atoms with Crippen molar-refractivity contribution in [3.05, 3.63) is 77.4 Å². The average molecular weight is 574 g/mol. The molecule has 0 spiro atoms. The molecule has 1 fully saturated rings. The highest BCUT2D eigenvalue weighted by Gasteiger charge is 2.35. The fourth-order valence-electron chi connectivity index (χ4n) is 4.91. The Kier molecular flexibility index (Phi) is 7.57. The summed E-state index contributed by atoms with van der Waals surface area (Å²) in [5.41, 5.74) is -0.249. The summed E-state index contributed by atoms with van der Waals surface area (Å²) >= 11 is 0. The Balaban J connectivity index is 1.17. The number of alkyl halides is 6. The summed E-state index contributed by atoms with van der Waals surface area (Å²) in [6, 6.07) is 16.0. The van der Waals surface area contributed by atoms with E-state index in [4.69, 9.17) is 9.68 Å². The van der Waals surface area contributed by atoms with Crippen LogP contribution < -0.4 is 10.2 Å². The summed E-state index contributed by atoms with van der Waals surface area (Å²) in [6.07, 6.45) is -9.05. The highest BCUT2D eigenvalue weighted by Crippen LogP contribution is 2.38. The third-order valence-electron chi connectivity index (χ3n) is 6.93. The fraction of sp³-hybridized carbons (Fsp3) is 0.310. The SMILES string of the molecule is CC(CN1CCN(c2ccc(C(F)(F)F)cc2)CC1)Nc1ccc(-c2nc3cc(C#N)cc(C(F)(F)F)c3o2)cc1. The second-order valence-electron chi connectivity index (χ2n) is 9.96. The highest BCUT2D eigenvalue weighted by atomic mass is 19.4. The molecule has 1 N–H and O–H groups in total. The third-order valence-corrected chi connectivity index (χ3v) is 6.93. The van der Waals surface area contributed by atoms with Crippen LogP contribution in [0.2, 0.25) is 0 Å². The van der Waals surface area contributed by atoms with Gasteiger partial charge in [-0.05, 0) is 67.6 Å².